The van der Waals surface area contributed by atoms with Crippen LogP contribution in [0.4, 0.5) is 5.69 Å². The van der Waals surface area contributed by atoms with Gasteiger partial charge in [0.1, 0.15) is 6.33 Å². The lowest BCUT2D eigenvalue weighted by Crippen LogP contribution is -2.23. The fourth-order valence-corrected chi connectivity index (χ4v) is 3.37. The summed E-state index contributed by atoms with van der Waals surface area (Å²) in [6, 6.07) is 3.67. The van der Waals surface area contributed by atoms with Gasteiger partial charge >= 0.3 is 5.97 Å². The van der Waals surface area contributed by atoms with E-state index in [0.29, 0.717) is 27.7 Å². The Morgan fingerprint density at radius 3 is 2.68 bits per heavy atom. The minimum atomic E-state index is -0.533. The van der Waals surface area contributed by atoms with Gasteiger partial charge in [0, 0.05) is 17.0 Å². The molecule has 0 radical (unpaired) electrons. The van der Waals surface area contributed by atoms with Gasteiger partial charge in [0.25, 0.3) is 11.7 Å². The topological polar surface area (TPSA) is 98.5 Å². The second kappa shape index (κ2) is 7.93. The van der Waals surface area contributed by atoms with Gasteiger partial charge in [0.05, 0.1) is 17.1 Å². The Balaban J connectivity index is 1.63. The summed E-state index contributed by atoms with van der Waals surface area (Å²) in [5.74, 6) is -0.522. The molecule has 3 rings (SSSR count). The van der Waals surface area contributed by atoms with Crippen LogP contribution in [-0.2, 0) is 20.7 Å². The maximum Gasteiger partial charge on any atom is 0.310 e. The van der Waals surface area contributed by atoms with Crippen molar-refractivity contribution >= 4 is 34.9 Å². The number of ether oxygens (including phenoxy) is 1. The van der Waals surface area contributed by atoms with Crippen molar-refractivity contribution in [2.45, 2.75) is 34.1 Å². The highest BCUT2D eigenvalue weighted by atomic mass is 35.5. The monoisotopic (exact) mass is 401 g/mol. The average molecular weight is 402 g/mol. The van der Waals surface area contributed by atoms with Gasteiger partial charge in [-0.1, -0.05) is 17.7 Å². The quantitative estimate of drug-likeness (QED) is 0.660. The smallest absolute Gasteiger partial charge is 0.310 e. The Morgan fingerprint density at radius 1 is 1.21 bits per heavy atom. The summed E-state index contributed by atoms with van der Waals surface area (Å²) in [4.78, 5) is 32.7. The Morgan fingerprint density at radius 2 is 1.96 bits per heavy atom. The molecule has 0 fully saturated rings. The predicted molar refractivity (Wildman–Crippen MR) is 104 cm³/mol. The lowest BCUT2D eigenvalue weighted by Gasteiger charge is -2.12. The van der Waals surface area contributed by atoms with Gasteiger partial charge in [0.2, 0.25) is 0 Å². The van der Waals surface area contributed by atoms with Crippen molar-refractivity contribution in [1.82, 2.24) is 19.6 Å². The normalized spacial score (nSPS) is 10.9. The van der Waals surface area contributed by atoms with Crippen LogP contribution in [0, 0.1) is 27.7 Å². The molecule has 146 valence electrons. The molecule has 8 nitrogen and oxygen atoms in total. The Kier molecular flexibility index (Phi) is 5.60. The third-order valence-corrected chi connectivity index (χ3v) is 4.67. The van der Waals surface area contributed by atoms with Crippen LogP contribution in [0.1, 0.15) is 28.1 Å². The maximum atomic E-state index is 12.2. The molecule has 0 unspecified atom stereocenters. The maximum absolute atomic E-state index is 12.2. The zero-order valence-corrected chi connectivity index (χ0v) is 16.8. The molecule has 0 saturated heterocycles. The number of carbonyl (C=O) groups is 2. The number of aromatic nitrogens is 4. The van der Waals surface area contributed by atoms with E-state index in [0.717, 1.165) is 16.8 Å². The molecule has 0 aliphatic rings. The minimum absolute atomic E-state index is 0.0158. The van der Waals surface area contributed by atoms with Crippen molar-refractivity contribution in [2.24, 2.45) is 0 Å². The molecule has 2 aromatic heterocycles. The van der Waals surface area contributed by atoms with Crippen molar-refractivity contribution in [3.8, 4) is 0 Å². The first-order chi connectivity index (χ1) is 13.3. The second-order valence-electron chi connectivity index (χ2n) is 6.56. The van der Waals surface area contributed by atoms with Crippen LogP contribution in [0.2, 0.25) is 5.02 Å². The molecule has 3 aromatic rings. The molecule has 1 aromatic carbocycles. The van der Waals surface area contributed by atoms with E-state index in [1.807, 2.05) is 26.8 Å². The molecule has 0 aliphatic carbocycles. The van der Waals surface area contributed by atoms with E-state index in [-0.39, 0.29) is 6.42 Å². The molecule has 28 heavy (non-hydrogen) atoms. The number of nitrogens with one attached hydrogen (secondary N) is 1. The first-order valence-corrected chi connectivity index (χ1v) is 9.02. The zero-order chi connectivity index (χ0) is 20.4. The largest absolute Gasteiger partial charge is 0.455 e. The average Bonchev–Trinajstić information content (AvgIpc) is 3.08. The summed E-state index contributed by atoms with van der Waals surface area (Å²) in [7, 11) is 0. The molecule has 2 heterocycles. The van der Waals surface area contributed by atoms with Crippen LogP contribution >= 0.6 is 11.6 Å². The number of carbonyl (C=O) groups excluding carboxylic acids is 2. The van der Waals surface area contributed by atoms with E-state index in [4.69, 9.17) is 16.3 Å². The van der Waals surface area contributed by atoms with E-state index >= 15 is 0 Å². The SMILES string of the molecule is Cc1cc(C)c(NC(=O)COC(=O)Cc2c(C)nc3ncnn3c2C)c(Cl)c1. The van der Waals surface area contributed by atoms with Crippen LogP contribution in [0.3, 0.4) is 0 Å². The van der Waals surface area contributed by atoms with Gasteiger partial charge in [-0.25, -0.2) is 9.50 Å². The Labute approximate surface area is 166 Å². The minimum Gasteiger partial charge on any atom is -0.455 e. The molecule has 0 spiro atoms. The van der Waals surface area contributed by atoms with Gasteiger partial charge in [-0.15, -0.1) is 0 Å². The summed E-state index contributed by atoms with van der Waals surface area (Å²) in [6.45, 7) is 6.98. The number of fused-ring (bicyclic) bond motifs is 1. The molecular formula is C19H20ClN5O3. The van der Waals surface area contributed by atoms with E-state index in [2.05, 4.69) is 20.4 Å². The molecule has 0 bridgehead atoms. The fourth-order valence-electron chi connectivity index (χ4n) is 3.00. The van der Waals surface area contributed by atoms with Crippen molar-refractivity contribution in [3.05, 3.63) is 51.6 Å². The number of benzene rings is 1. The number of halogens is 1. The van der Waals surface area contributed by atoms with Crippen LogP contribution in [-0.4, -0.2) is 38.1 Å². The number of anilines is 1. The van der Waals surface area contributed by atoms with Crippen LogP contribution in [0.25, 0.3) is 5.78 Å². The van der Waals surface area contributed by atoms with Gasteiger partial charge < -0.3 is 10.1 Å². The molecule has 0 saturated carbocycles. The number of hydrogen-bond donors (Lipinski definition) is 1. The summed E-state index contributed by atoms with van der Waals surface area (Å²) < 4.78 is 6.68. The lowest BCUT2D eigenvalue weighted by atomic mass is 10.1. The summed E-state index contributed by atoms with van der Waals surface area (Å²) in [5.41, 5.74) is 4.46. The summed E-state index contributed by atoms with van der Waals surface area (Å²) >= 11 is 6.18. The van der Waals surface area contributed by atoms with Crippen LogP contribution in [0.15, 0.2) is 18.5 Å². The highest BCUT2D eigenvalue weighted by Crippen LogP contribution is 2.27. The number of amides is 1. The van der Waals surface area contributed by atoms with Crippen molar-refractivity contribution in [3.63, 3.8) is 0 Å². The van der Waals surface area contributed by atoms with E-state index in [1.54, 1.807) is 17.5 Å². The van der Waals surface area contributed by atoms with Crippen molar-refractivity contribution in [1.29, 1.82) is 0 Å². The summed E-state index contributed by atoms with van der Waals surface area (Å²) in [5, 5.41) is 7.21. The third kappa shape index (κ3) is 4.12. The third-order valence-electron chi connectivity index (χ3n) is 4.37. The molecule has 1 amide bonds. The first-order valence-electron chi connectivity index (χ1n) is 8.64. The molecule has 0 atom stereocenters. The van der Waals surface area contributed by atoms with Gasteiger partial charge in [-0.05, 0) is 44.9 Å². The van der Waals surface area contributed by atoms with Gasteiger partial charge in [-0.3, -0.25) is 9.59 Å². The number of hydrogen-bond acceptors (Lipinski definition) is 6. The highest BCUT2D eigenvalue weighted by Gasteiger charge is 2.17. The number of esters is 1. The molecule has 1 N–H and O–H groups in total. The van der Waals surface area contributed by atoms with E-state index in [9.17, 15) is 9.59 Å². The number of rotatable bonds is 5. The number of nitrogens with zero attached hydrogens (tertiary/aromatic N) is 4. The first kappa shape index (κ1) is 19.8. The van der Waals surface area contributed by atoms with Gasteiger partial charge in [-0.2, -0.15) is 10.1 Å². The summed E-state index contributed by atoms with van der Waals surface area (Å²) in [6.07, 6.45) is 1.39. The molecular weight excluding hydrogens is 382 g/mol. The van der Waals surface area contributed by atoms with E-state index < -0.39 is 18.5 Å². The Hall–Kier alpha value is -3.00. The number of aryl methyl sites for hydroxylation is 4. The molecule has 0 aliphatic heterocycles. The Bertz CT molecular complexity index is 1050. The van der Waals surface area contributed by atoms with Crippen molar-refractivity contribution < 1.29 is 14.3 Å². The fraction of sp³-hybridized carbons (Fsp3) is 0.316. The zero-order valence-electron chi connectivity index (χ0n) is 16.0. The van der Waals surface area contributed by atoms with Crippen molar-refractivity contribution in [2.75, 3.05) is 11.9 Å². The highest BCUT2D eigenvalue weighted by molar-refractivity contribution is 6.34. The van der Waals surface area contributed by atoms with Gasteiger partial charge in [0.15, 0.2) is 6.61 Å². The van der Waals surface area contributed by atoms with E-state index in [1.165, 1.54) is 6.33 Å². The standard InChI is InChI=1S/C19H20ClN5O3/c1-10-5-11(2)18(15(20)6-10)24-16(26)8-28-17(27)7-14-12(3)23-19-21-9-22-25(19)13(14)4/h5-6,9H,7-8H2,1-4H3,(H,24,26). The lowest BCUT2D eigenvalue weighted by molar-refractivity contribution is -0.146. The van der Waals surface area contributed by atoms with Crippen LogP contribution < -0.4 is 5.32 Å². The van der Waals surface area contributed by atoms with Crippen LogP contribution in [0.5, 0.6) is 0 Å². The molecule has 9 heteroatoms. The predicted octanol–water partition coefficient (Wildman–Crippen LogP) is 2.74. The second-order valence-corrected chi connectivity index (χ2v) is 6.96.